The number of benzene rings is 2. The van der Waals surface area contributed by atoms with Gasteiger partial charge in [-0.1, -0.05) is 60.7 Å². The van der Waals surface area contributed by atoms with Crippen LogP contribution < -0.4 is 10.6 Å². The van der Waals surface area contributed by atoms with Crippen LogP contribution in [0.15, 0.2) is 72.8 Å². The summed E-state index contributed by atoms with van der Waals surface area (Å²) in [6.07, 6.45) is 16.0. The molecule has 0 radical (unpaired) electrons. The minimum Gasteiger partial charge on any atom is -0.307 e. The number of amides is 2. The van der Waals surface area contributed by atoms with E-state index in [2.05, 4.69) is 47.1 Å². The summed E-state index contributed by atoms with van der Waals surface area (Å²) in [5.41, 5.74) is 4.17. The third-order valence-corrected chi connectivity index (χ3v) is 5.73. The molecule has 2 amide bonds. The molecule has 0 bridgehead atoms. The highest BCUT2D eigenvalue weighted by atomic mass is 16.2. The van der Waals surface area contributed by atoms with Gasteiger partial charge in [-0.3, -0.25) is 0 Å². The Bertz CT molecular complexity index is 812. The summed E-state index contributed by atoms with van der Waals surface area (Å²) in [7, 11) is 0. The molecule has 0 spiro atoms. The number of anilines is 2. The summed E-state index contributed by atoms with van der Waals surface area (Å²) < 4.78 is 0. The SMILES string of the molecule is O=C(Nc1ccccc1C1C=CCCC1)Nc1ccccc1C1C=CCCC1. The van der Waals surface area contributed by atoms with Crippen molar-refractivity contribution in [3.8, 4) is 0 Å². The number of para-hydroxylation sites is 2. The van der Waals surface area contributed by atoms with Gasteiger partial charge in [-0.15, -0.1) is 0 Å². The van der Waals surface area contributed by atoms with Crippen LogP contribution in [0.2, 0.25) is 0 Å². The lowest BCUT2D eigenvalue weighted by Gasteiger charge is -2.22. The monoisotopic (exact) mass is 372 g/mol. The van der Waals surface area contributed by atoms with Crippen LogP contribution in [0.5, 0.6) is 0 Å². The average Bonchev–Trinajstić information content (AvgIpc) is 2.76. The topological polar surface area (TPSA) is 41.1 Å². The van der Waals surface area contributed by atoms with E-state index in [1.54, 1.807) is 0 Å². The van der Waals surface area contributed by atoms with Gasteiger partial charge < -0.3 is 10.6 Å². The van der Waals surface area contributed by atoms with Crippen LogP contribution in [0.25, 0.3) is 0 Å². The smallest absolute Gasteiger partial charge is 0.307 e. The first-order chi connectivity index (χ1) is 13.8. The van der Waals surface area contributed by atoms with Gasteiger partial charge in [0, 0.05) is 23.2 Å². The molecule has 0 saturated heterocycles. The lowest BCUT2D eigenvalue weighted by Crippen LogP contribution is -2.22. The van der Waals surface area contributed by atoms with Gasteiger partial charge in [0.1, 0.15) is 0 Å². The lowest BCUT2D eigenvalue weighted by molar-refractivity contribution is 0.262. The second-order valence-electron chi connectivity index (χ2n) is 7.68. The van der Waals surface area contributed by atoms with Gasteiger partial charge >= 0.3 is 6.03 Å². The van der Waals surface area contributed by atoms with Crippen molar-refractivity contribution in [1.82, 2.24) is 0 Å². The third kappa shape index (κ3) is 4.36. The predicted molar refractivity (Wildman–Crippen MR) is 117 cm³/mol. The molecule has 28 heavy (non-hydrogen) atoms. The van der Waals surface area contributed by atoms with Crippen LogP contribution in [0.4, 0.5) is 16.2 Å². The second kappa shape index (κ2) is 8.92. The number of carbonyl (C=O) groups is 1. The second-order valence-corrected chi connectivity index (χ2v) is 7.68. The number of hydrogen-bond donors (Lipinski definition) is 2. The van der Waals surface area contributed by atoms with Crippen LogP contribution in [-0.4, -0.2) is 6.03 Å². The van der Waals surface area contributed by atoms with Gasteiger partial charge in [-0.05, 0) is 61.8 Å². The molecule has 0 aliphatic heterocycles. The summed E-state index contributed by atoms with van der Waals surface area (Å²) in [4.78, 5) is 12.8. The fourth-order valence-electron chi connectivity index (χ4n) is 4.29. The fourth-order valence-corrected chi connectivity index (χ4v) is 4.29. The zero-order chi connectivity index (χ0) is 19.2. The van der Waals surface area contributed by atoms with Gasteiger partial charge in [0.25, 0.3) is 0 Å². The van der Waals surface area contributed by atoms with Crippen molar-refractivity contribution < 1.29 is 4.79 Å². The summed E-state index contributed by atoms with van der Waals surface area (Å²) in [5.74, 6) is 0.759. The molecule has 2 aromatic rings. The molecule has 2 N–H and O–H groups in total. The van der Waals surface area contributed by atoms with Crippen molar-refractivity contribution in [3.63, 3.8) is 0 Å². The summed E-state index contributed by atoms with van der Waals surface area (Å²) in [6, 6.07) is 16.1. The van der Waals surface area contributed by atoms with Gasteiger partial charge in [0.2, 0.25) is 0 Å². The normalized spacial score (nSPS) is 21.3. The summed E-state index contributed by atoms with van der Waals surface area (Å²) >= 11 is 0. The van der Waals surface area contributed by atoms with Crippen LogP contribution in [0.3, 0.4) is 0 Å². The maximum absolute atomic E-state index is 12.8. The van der Waals surface area contributed by atoms with Crippen LogP contribution in [-0.2, 0) is 0 Å². The van der Waals surface area contributed by atoms with Gasteiger partial charge in [0.05, 0.1) is 0 Å². The van der Waals surface area contributed by atoms with E-state index in [9.17, 15) is 4.79 Å². The standard InChI is InChI=1S/C25H28N2O/c28-25(26-23-17-9-7-15-21(23)19-11-3-1-4-12-19)27-24-18-10-8-16-22(24)20-13-5-2-6-14-20/h3,5,7-11,13,15-20H,1-2,4,6,12,14H2,(H2,26,27,28). The predicted octanol–water partition coefficient (Wildman–Crippen LogP) is 6.98. The molecular weight excluding hydrogens is 344 g/mol. The van der Waals surface area contributed by atoms with Gasteiger partial charge in [0.15, 0.2) is 0 Å². The molecule has 0 saturated carbocycles. The highest BCUT2D eigenvalue weighted by Crippen LogP contribution is 2.34. The van der Waals surface area contributed by atoms with E-state index in [1.165, 1.54) is 24.0 Å². The Balaban J connectivity index is 1.50. The van der Waals surface area contributed by atoms with E-state index in [4.69, 9.17) is 0 Å². The average molecular weight is 373 g/mol. The number of allylic oxidation sites excluding steroid dienone is 4. The van der Waals surface area contributed by atoms with E-state index in [0.29, 0.717) is 11.8 Å². The molecule has 2 aliphatic carbocycles. The summed E-state index contributed by atoms with van der Waals surface area (Å²) in [6.45, 7) is 0. The third-order valence-electron chi connectivity index (χ3n) is 5.73. The van der Waals surface area contributed by atoms with Crippen molar-refractivity contribution in [1.29, 1.82) is 0 Å². The zero-order valence-corrected chi connectivity index (χ0v) is 16.2. The number of urea groups is 1. The Kier molecular flexibility index (Phi) is 5.91. The number of nitrogens with one attached hydrogen (secondary N) is 2. The highest BCUT2D eigenvalue weighted by Gasteiger charge is 2.18. The molecular formula is C25H28N2O. The number of rotatable bonds is 4. The van der Waals surface area contributed by atoms with Crippen molar-refractivity contribution in [2.75, 3.05) is 10.6 Å². The molecule has 3 heteroatoms. The number of carbonyl (C=O) groups excluding carboxylic acids is 1. The fraction of sp³-hybridized carbons (Fsp3) is 0.320. The van der Waals surface area contributed by atoms with E-state index in [0.717, 1.165) is 37.1 Å². The molecule has 0 fully saturated rings. The molecule has 2 aromatic carbocycles. The Morgan fingerprint density at radius 3 is 1.61 bits per heavy atom. The molecule has 2 aliphatic rings. The minimum absolute atomic E-state index is 0.181. The molecule has 0 heterocycles. The Morgan fingerprint density at radius 2 is 1.18 bits per heavy atom. The molecule has 2 unspecified atom stereocenters. The van der Waals surface area contributed by atoms with E-state index in [1.807, 2.05) is 36.4 Å². The molecule has 4 rings (SSSR count). The van der Waals surface area contributed by atoms with E-state index < -0.39 is 0 Å². The first-order valence-electron chi connectivity index (χ1n) is 10.4. The zero-order valence-electron chi connectivity index (χ0n) is 16.2. The highest BCUT2D eigenvalue weighted by molar-refractivity contribution is 6.00. The Labute approximate surface area is 167 Å². The van der Waals surface area contributed by atoms with Crippen molar-refractivity contribution >= 4 is 17.4 Å². The van der Waals surface area contributed by atoms with Crippen LogP contribution >= 0.6 is 0 Å². The van der Waals surface area contributed by atoms with Crippen LogP contribution in [0, 0.1) is 0 Å². The van der Waals surface area contributed by atoms with Gasteiger partial charge in [-0.25, -0.2) is 4.79 Å². The van der Waals surface area contributed by atoms with Crippen molar-refractivity contribution in [2.24, 2.45) is 0 Å². The Morgan fingerprint density at radius 1 is 0.714 bits per heavy atom. The first-order valence-corrected chi connectivity index (χ1v) is 10.4. The van der Waals surface area contributed by atoms with Gasteiger partial charge in [-0.2, -0.15) is 0 Å². The first kappa shape index (κ1) is 18.5. The lowest BCUT2D eigenvalue weighted by atomic mass is 9.88. The minimum atomic E-state index is -0.181. The summed E-state index contributed by atoms with van der Waals surface area (Å²) in [5, 5.41) is 6.17. The van der Waals surface area contributed by atoms with E-state index in [-0.39, 0.29) is 6.03 Å². The molecule has 0 aromatic heterocycles. The van der Waals surface area contributed by atoms with Crippen molar-refractivity contribution in [3.05, 3.63) is 84.0 Å². The molecule has 144 valence electrons. The van der Waals surface area contributed by atoms with Crippen LogP contribution in [0.1, 0.15) is 61.5 Å². The largest absolute Gasteiger partial charge is 0.323 e. The Hall–Kier alpha value is -2.81. The molecule has 3 nitrogen and oxygen atoms in total. The number of hydrogen-bond acceptors (Lipinski definition) is 1. The van der Waals surface area contributed by atoms with E-state index >= 15 is 0 Å². The van der Waals surface area contributed by atoms with Crippen molar-refractivity contribution in [2.45, 2.75) is 50.4 Å². The maximum Gasteiger partial charge on any atom is 0.323 e. The quantitative estimate of drug-likeness (QED) is 0.559. The molecule has 2 atom stereocenters. The maximum atomic E-state index is 12.8.